The zero-order valence-corrected chi connectivity index (χ0v) is 22.4. The number of nitrogens with one attached hydrogen (secondary N) is 1. The Labute approximate surface area is 234 Å². The summed E-state index contributed by atoms with van der Waals surface area (Å²) in [4.78, 5) is 30.1. The van der Waals surface area contributed by atoms with Gasteiger partial charge in [0, 0.05) is 10.6 Å². The zero-order valence-electron chi connectivity index (χ0n) is 20.9. The quantitative estimate of drug-likeness (QED) is 0.303. The minimum absolute atomic E-state index is 0.0519. The normalized spacial score (nSPS) is 15.8. The number of aromatic nitrogens is 6. The number of hydrogen-bond acceptors (Lipinski definition) is 8. The average molecular weight is 612 g/mol. The van der Waals surface area contributed by atoms with Crippen LogP contribution in [0.15, 0.2) is 59.7 Å². The van der Waals surface area contributed by atoms with Crippen molar-refractivity contribution in [2.75, 3.05) is 11.5 Å². The number of sulfone groups is 1. The fourth-order valence-electron chi connectivity index (χ4n) is 4.19. The van der Waals surface area contributed by atoms with Crippen LogP contribution in [0.25, 0.3) is 17.1 Å². The molecule has 0 unspecified atom stereocenters. The van der Waals surface area contributed by atoms with Crippen LogP contribution in [0.5, 0.6) is 0 Å². The fourth-order valence-corrected chi connectivity index (χ4v) is 5.61. The predicted molar refractivity (Wildman–Crippen MR) is 139 cm³/mol. The number of aliphatic hydroxyl groups is 1. The highest BCUT2D eigenvalue weighted by Crippen LogP contribution is 2.24. The molecule has 0 bridgehead atoms. The molecule has 2 aromatic heterocycles. The van der Waals surface area contributed by atoms with Gasteiger partial charge in [-0.25, -0.2) is 27.6 Å². The van der Waals surface area contributed by atoms with Crippen LogP contribution in [0.4, 0.5) is 13.2 Å². The third kappa shape index (κ3) is 6.18. The summed E-state index contributed by atoms with van der Waals surface area (Å²) in [5.74, 6) is -0.879. The molecule has 2 N–H and O–H groups in total. The SMILES string of the molecule is O=C(NC1CS(=O)(=O)C1)c1ccccc1-n1cnc(Cn2nc(-c3ccc(Cl)cc3)n(C[C@H](O)C(F)(F)F)c2=O)n1. The van der Waals surface area contributed by atoms with Gasteiger partial charge < -0.3 is 10.4 Å². The molecule has 17 heteroatoms. The second kappa shape index (κ2) is 10.8. The Morgan fingerprint density at radius 1 is 1.12 bits per heavy atom. The van der Waals surface area contributed by atoms with Gasteiger partial charge in [-0.3, -0.25) is 9.36 Å². The summed E-state index contributed by atoms with van der Waals surface area (Å²) in [5, 5.41) is 21.1. The second-order valence-corrected chi connectivity index (χ2v) is 11.9. The highest BCUT2D eigenvalue weighted by molar-refractivity contribution is 7.92. The van der Waals surface area contributed by atoms with Gasteiger partial charge in [0.05, 0.1) is 35.3 Å². The zero-order chi connectivity index (χ0) is 29.5. The molecular formula is C24H21ClF3N7O5S. The number of carbonyl (C=O) groups excluding carboxylic acids is 1. The molecule has 1 saturated heterocycles. The van der Waals surface area contributed by atoms with Crippen molar-refractivity contribution in [1.82, 2.24) is 34.4 Å². The number of nitrogens with zero attached hydrogens (tertiary/aromatic N) is 6. The van der Waals surface area contributed by atoms with Gasteiger partial charge in [-0.1, -0.05) is 23.7 Å². The maximum atomic E-state index is 13.1. The highest BCUT2D eigenvalue weighted by atomic mass is 35.5. The van der Waals surface area contributed by atoms with E-state index in [1.54, 1.807) is 18.2 Å². The lowest BCUT2D eigenvalue weighted by Gasteiger charge is -2.26. The smallest absolute Gasteiger partial charge is 0.382 e. The summed E-state index contributed by atoms with van der Waals surface area (Å²) in [6, 6.07) is 11.8. The Morgan fingerprint density at radius 3 is 2.46 bits per heavy atom. The number of aliphatic hydroxyl groups excluding tert-OH is 1. The van der Waals surface area contributed by atoms with Crippen LogP contribution in [0.2, 0.25) is 5.02 Å². The van der Waals surface area contributed by atoms with Gasteiger partial charge in [0.1, 0.15) is 12.9 Å². The van der Waals surface area contributed by atoms with Gasteiger partial charge in [0.25, 0.3) is 5.91 Å². The topological polar surface area (TPSA) is 154 Å². The number of halogens is 4. The van der Waals surface area contributed by atoms with Gasteiger partial charge in [0.15, 0.2) is 27.6 Å². The third-order valence-electron chi connectivity index (χ3n) is 6.23. The minimum atomic E-state index is -4.97. The van der Waals surface area contributed by atoms with E-state index in [1.165, 1.54) is 41.3 Å². The number of para-hydroxylation sites is 1. The van der Waals surface area contributed by atoms with E-state index in [1.807, 2.05) is 0 Å². The summed E-state index contributed by atoms with van der Waals surface area (Å²) in [6.45, 7) is -1.43. The van der Waals surface area contributed by atoms with E-state index in [-0.39, 0.29) is 40.8 Å². The van der Waals surface area contributed by atoms with Crippen LogP contribution in [-0.2, 0) is 22.9 Å². The minimum Gasteiger partial charge on any atom is -0.382 e. The molecule has 5 rings (SSSR count). The standard InChI is InChI=1S/C24H21ClF3N7O5S/c25-15-7-5-14(6-8-15)21-32-34(23(38)33(21)9-19(36)24(26,27)28)10-20-29-13-35(31-20)18-4-2-1-3-17(18)22(37)30-16-11-41(39,40)12-16/h1-8,13,16,19,36H,9-12H2,(H,30,37)/t19-/m0/s1. The van der Waals surface area contributed by atoms with Crippen molar-refractivity contribution in [2.45, 2.75) is 31.4 Å². The molecule has 12 nitrogen and oxygen atoms in total. The molecule has 1 amide bonds. The molecule has 4 aromatic rings. The van der Waals surface area contributed by atoms with Crippen LogP contribution < -0.4 is 11.0 Å². The number of carbonyl (C=O) groups is 1. The Morgan fingerprint density at radius 2 is 1.80 bits per heavy atom. The van der Waals surface area contributed by atoms with Crippen molar-refractivity contribution in [3.63, 3.8) is 0 Å². The van der Waals surface area contributed by atoms with Crippen molar-refractivity contribution in [3.8, 4) is 17.1 Å². The third-order valence-corrected chi connectivity index (χ3v) is 8.30. The van der Waals surface area contributed by atoms with Crippen LogP contribution in [0, 0.1) is 0 Å². The van der Waals surface area contributed by atoms with E-state index in [2.05, 4.69) is 20.5 Å². The maximum Gasteiger partial charge on any atom is 0.416 e. The summed E-state index contributed by atoms with van der Waals surface area (Å²) < 4.78 is 65.0. The van der Waals surface area contributed by atoms with E-state index in [4.69, 9.17) is 11.6 Å². The number of hydrogen-bond donors (Lipinski definition) is 2. The molecule has 1 aliphatic rings. The molecule has 0 aliphatic carbocycles. The molecule has 0 saturated carbocycles. The van der Waals surface area contributed by atoms with Crippen molar-refractivity contribution < 1.29 is 31.5 Å². The Hall–Kier alpha value is -4.02. The monoisotopic (exact) mass is 611 g/mol. The van der Waals surface area contributed by atoms with Gasteiger partial charge in [-0.15, -0.1) is 10.2 Å². The molecular weight excluding hydrogens is 591 g/mol. The summed E-state index contributed by atoms with van der Waals surface area (Å²) in [5.41, 5.74) is -0.137. The summed E-state index contributed by atoms with van der Waals surface area (Å²) in [6.07, 6.45) is -6.50. The lowest BCUT2D eigenvalue weighted by atomic mass is 10.1. The average Bonchev–Trinajstić information content (AvgIpc) is 3.48. The lowest BCUT2D eigenvalue weighted by Crippen LogP contribution is -2.53. The molecule has 0 radical (unpaired) electrons. The second-order valence-electron chi connectivity index (χ2n) is 9.31. The van der Waals surface area contributed by atoms with Crippen molar-refractivity contribution >= 4 is 27.3 Å². The van der Waals surface area contributed by atoms with Crippen LogP contribution in [0.3, 0.4) is 0 Å². The van der Waals surface area contributed by atoms with Gasteiger partial charge in [-0.2, -0.15) is 13.2 Å². The maximum absolute atomic E-state index is 13.1. The number of rotatable bonds is 8. The highest BCUT2D eigenvalue weighted by Gasteiger charge is 2.39. The number of alkyl halides is 3. The van der Waals surface area contributed by atoms with Crippen LogP contribution in [-0.4, -0.2) is 78.4 Å². The van der Waals surface area contributed by atoms with Gasteiger partial charge >= 0.3 is 11.9 Å². The summed E-state index contributed by atoms with van der Waals surface area (Å²) >= 11 is 5.91. The fraction of sp³-hybridized carbons (Fsp3) is 0.292. The van der Waals surface area contributed by atoms with Crippen molar-refractivity contribution in [3.05, 3.63) is 81.8 Å². The van der Waals surface area contributed by atoms with Crippen LogP contribution in [0.1, 0.15) is 16.2 Å². The van der Waals surface area contributed by atoms with E-state index in [0.29, 0.717) is 15.3 Å². The number of amides is 1. The molecule has 1 aliphatic heterocycles. The van der Waals surface area contributed by atoms with E-state index >= 15 is 0 Å². The van der Waals surface area contributed by atoms with E-state index < -0.39 is 46.3 Å². The molecule has 41 heavy (non-hydrogen) atoms. The largest absolute Gasteiger partial charge is 0.416 e. The molecule has 0 spiro atoms. The van der Waals surface area contributed by atoms with Gasteiger partial charge in [0.2, 0.25) is 0 Å². The van der Waals surface area contributed by atoms with Gasteiger partial charge in [-0.05, 0) is 36.4 Å². The molecule has 3 heterocycles. The van der Waals surface area contributed by atoms with Crippen molar-refractivity contribution in [1.29, 1.82) is 0 Å². The van der Waals surface area contributed by atoms with E-state index in [0.717, 1.165) is 4.68 Å². The lowest BCUT2D eigenvalue weighted by molar-refractivity contribution is -0.207. The molecule has 2 aromatic carbocycles. The van der Waals surface area contributed by atoms with Crippen molar-refractivity contribution in [2.24, 2.45) is 0 Å². The first kappa shape index (κ1) is 28.5. The van der Waals surface area contributed by atoms with E-state index in [9.17, 15) is 36.3 Å². The van der Waals surface area contributed by atoms with Crippen LogP contribution >= 0.6 is 11.6 Å². The number of benzene rings is 2. The molecule has 216 valence electrons. The Bertz CT molecular complexity index is 1750. The Balaban J connectivity index is 1.42. The predicted octanol–water partition coefficient (Wildman–Crippen LogP) is 1.44. The molecule has 1 fully saturated rings. The molecule has 1 atom stereocenters. The summed E-state index contributed by atoms with van der Waals surface area (Å²) in [7, 11) is -3.14. The first-order chi connectivity index (χ1) is 19.3. The Kier molecular flexibility index (Phi) is 7.48. The first-order valence-corrected chi connectivity index (χ1v) is 14.2. The first-order valence-electron chi connectivity index (χ1n) is 12.0.